The number of fused-ring (bicyclic) bond motifs is 2. The number of pyridine rings is 1. The largest absolute Gasteiger partial charge is 0.467 e. The van der Waals surface area contributed by atoms with Gasteiger partial charge in [-0.2, -0.15) is 0 Å². The molecule has 4 aromatic rings. The smallest absolute Gasteiger partial charge is 0.419 e. The van der Waals surface area contributed by atoms with Crippen LogP contribution in [0.2, 0.25) is 0 Å². The summed E-state index contributed by atoms with van der Waals surface area (Å²) < 4.78 is 11.9. The Morgan fingerprint density at radius 3 is 2.51 bits per heavy atom. The molecule has 2 heterocycles. The second-order valence-corrected chi connectivity index (χ2v) is 9.19. The van der Waals surface area contributed by atoms with E-state index >= 15 is 0 Å². The first-order valence-electron chi connectivity index (χ1n) is 11.2. The number of hydrogen-bond donors (Lipinski definition) is 1. The van der Waals surface area contributed by atoms with Gasteiger partial charge < -0.3 is 14.8 Å². The Labute approximate surface area is 202 Å². The fourth-order valence-electron chi connectivity index (χ4n) is 3.87. The van der Waals surface area contributed by atoms with Crippen LogP contribution in [-0.4, -0.2) is 46.3 Å². The van der Waals surface area contributed by atoms with E-state index in [0.717, 1.165) is 16.3 Å². The number of hydrogen-bond acceptors (Lipinski definition) is 6. The van der Waals surface area contributed by atoms with Gasteiger partial charge in [0.2, 0.25) is 0 Å². The summed E-state index contributed by atoms with van der Waals surface area (Å²) in [4.78, 5) is 42.7. The fourth-order valence-corrected chi connectivity index (χ4v) is 3.87. The first-order chi connectivity index (χ1) is 16.7. The highest BCUT2D eigenvalue weighted by molar-refractivity contribution is 5.99. The van der Waals surface area contributed by atoms with Crippen molar-refractivity contribution < 1.29 is 23.9 Å². The number of nitrogens with one attached hydrogen (secondary N) is 1. The summed E-state index contributed by atoms with van der Waals surface area (Å²) in [6.45, 7) is 5.38. The molecule has 0 aliphatic rings. The van der Waals surface area contributed by atoms with Gasteiger partial charge >= 0.3 is 12.1 Å². The maximum absolute atomic E-state index is 13.0. The van der Waals surface area contributed by atoms with Gasteiger partial charge in [0.05, 0.1) is 23.7 Å². The van der Waals surface area contributed by atoms with Crippen molar-refractivity contribution in [2.24, 2.45) is 0 Å². The van der Waals surface area contributed by atoms with E-state index in [2.05, 4.69) is 10.3 Å². The van der Waals surface area contributed by atoms with E-state index in [9.17, 15) is 14.4 Å². The van der Waals surface area contributed by atoms with E-state index in [-0.39, 0.29) is 6.42 Å². The average Bonchev–Trinajstić information content (AvgIpc) is 3.20. The Hall–Kier alpha value is -4.20. The second kappa shape index (κ2) is 9.58. The third kappa shape index (κ3) is 5.32. The number of carbonyl (C=O) groups is 3. The molecule has 8 heteroatoms. The predicted molar refractivity (Wildman–Crippen MR) is 132 cm³/mol. The van der Waals surface area contributed by atoms with Crippen molar-refractivity contribution in [3.05, 3.63) is 78.1 Å². The van der Waals surface area contributed by atoms with Gasteiger partial charge in [-0.25, -0.2) is 9.59 Å². The molecule has 2 aromatic heterocycles. The third-order valence-corrected chi connectivity index (χ3v) is 5.45. The number of rotatable bonds is 5. The number of esters is 1. The Kier molecular flexibility index (Phi) is 6.55. The zero-order chi connectivity index (χ0) is 25.2. The zero-order valence-electron chi connectivity index (χ0n) is 20.1. The molecule has 0 aliphatic heterocycles. The van der Waals surface area contributed by atoms with Crippen molar-refractivity contribution in [2.45, 2.75) is 38.8 Å². The maximum atomic E-state index is 13.0. The quantitative estimate of drug-likeness (QED) is 0.429. The zero-order valence-corrected chi connectivity index (χ0v) is 20.1. The van der Waals surface area contributed by atoms with Gasteiger partial charge in [0.15, 0.2) is 0 Å². The minimum absolute atomic E-state index is 0.121. The summed E-state index contributed by atoms with van der Waals surface area (Å²) in [5.41, 5.74) is 1.76. The average molecular weight is 474 g/mol. The summed E-state index contributed by atoms with van der Waals surface area (Å²) >= 11 is 0. The molecule has 1 N–H and O–H groups in total. The van der Waals surface area contributed by atoms with E-state index < -0.39 is 29.6 Å². The van der Waals surface area contributed by atoms with Crippen molar-refractivity contribution in [1.29, 1.82) is 0 Å². The summed E-state index contributed by atoms with van der Waals surface area (Å²) in [5.74, 6) is -1.05. The lowest BCUT2D eigenvalue weighted by atomic mass is 10.0. The molecule has 180 valence electrons. The highest BCUT2D eigenvalue weighted by Gasteiger charge is 2.26. The molecule has 1 atom stereocenters. The molecule has 0 unspecified atom stereocenters. The molecule has 0 bridgehead atoms. The molecule has 4 rings (SSSR count). The Balaban J connectivity index is 1.63. The minimum atomic E-state index is -0.975. The Bertz CT molecular complexity index is 1420. The summed E-state index contributed by atoms with van der Waals surface area (Å²) in [6.07, 6.45) is 2.70. The molecule has 0 fully saturated rings. The molecular weight excluding hydrogens is 446 g/mol. The topological polar surface area (TPSA) is 99.5 Å². The highest BCUT2D eigenvalue weighted by Crippen LogP contribution is 2.24. The number of ether oxygens (including phenoxy) is 2. The second-order valence-electron chi connectivity index (χ2n) is 9.19. The van der Waals surface area contributed by atoms with E-state index in [4.69, 9.17) is 9.47 Å². The van der Waals surface area contributed by atoms with Crippen LogP contribution in [0.15, 0.2) is 67.0 Å². The van der Waals surface area contributed by atoms with Crippen LogP contribution >= 0.6 is 0 Å². The maximum Gasteiger partial charge on any atom is 0.419 e. The van der Waals surface area contributed by atoms with Crippen LogP contribution < -0.4 is 5.32 Å². The van der Waals surface area contributed by atoms with E-state index in [1.807, 2.05) is 42.5 Å². The van der Waals surface area contributed by atoms with E-state index in [0.29, 0.717) is 16.6 Å². The molecule has 8 nitrogen and oxygen atoms in total. The van der Waals surface area contributed by atoms with Gasteiger partial charge in [0.25, 0.3) is 5.91 Å². The van der Waals surface area contributed by atoms with E-state index in [1.165, 1.54) is 17.9 Å². The summed E-state index contributed by atoms with van der Waals surface area (Å²) in [5, 5.41) is 4.35. The van der Waals surface area contributed by atoms with Crippen molar-refractivity contribution in [2.75, 3.05) is 7.11 Å². The van der Waals surface area contributed by atoms with Crippen LogP contribution in [0.25, 0.3) is 21.8 Å². The molecule has 0 radical (unpaired) electrons. The van der Waals surface area contributed by atoms with Crippen LogP contribution in [0, 0.1) is 0 Å². The lowest BCUT2D eigenvalue weighted by molar-refractivity contribution is -0.142. The monoisotopic (exact) mass is 473 g/mol. The van der Waals surface area contributed by atoms with Crippen molar-refractivity contribution in [3.63, 3.8) is 0 Å². The first kappa shape index (κ1) is 23.9. The van der Waals surface area contributed by atoms with Gasteiger partial charge in [-0.1, -0.05) is 36.4 Å². The molecule has 0 spiro atoms. The lowest BCUT2D eigenvalue weighted by Crippen LogP contribution is -2.43. The minimum Gasteiger partial charge on any atom is -0.467 e. The lowest BCUT2D eigenvalue weighted by Gasteiger charge is -2.19. The molecular formula is C27H27N3O5. The number of benzene rings is 2. The number of para-hydroxylation sites is 2. The third-order valence-electron chi connectivity index (χ3n) is 5.45. The number of nitrogens with zero attached hydrogens (tertiary/aromatic N) is 2. The number of carbonyl (C=O) groups excluding carboxylic acids is 3. The van der Waals surface area contributed by atoms with Crippen LogP contribution in [0.3, 0.4) is 0 Å². The van der Waals surface area contributed by atoms with Gasteiger partial charge in [-0.15, -0.1) is 0 Å². The standard InChI is InChI=1S/C27H27N3O5/c1-27(2,3)35-26(33)30-16-19(20-10-6-8-12-23(20)30)14-22(25(32)34-4)29-24(31)18-13-17-9-5-7-11-21(17)28-15-18/h5-13,15-16,22H,14H2,1-4H3,(H,29,31)/t22-/m1/s1. The Morgan fingerprint density at radius 1 is 1.06 bits per heavy atom. The number of methoxy groups -OCH3 is 1. The molecule has 1 amide bonds. The van der Waals surface area contributed by atoms with Crippen molar-refractivity contribution in [1.82, 2.24) is 14.9 Å². The van der Waals surface area contributed by atoms with Crippen LogP contribution in [0.1, 0.15) is 36.7 Å². The molecule has 0 saturated carbocycles. The van der Waals surface area contributed by atoms with Crippen molar-refractivity contribution >= 4 is 39.8 Å². The van der Waals surface area contributed by atoms with E-state index in [1.54, 1.807) is 39.1 Å². The molecule has 2 aromatic carbocycles. The van der Waals surface area contributed by atoms with Gasteiger partial charge in [-0.05, 0) is 44.5 Å². The molecule has 0 saturated heterocycles. The van der Waals surface area contributed by atoms with Gasteiger partial charge in [-0.3, -0.25) is 14.3 Å². The van der Waals surface area contributed by atoms with Gasteiger partial charge in [0.1, 0.15) is 11.6 Å². The SMILES string of the molecule is COC(=O)[C@@H](Cc1cn(C(=O)OC(C)(C)C)c2ccccc12)NC(=O)c1cnc2ccccc2c1. The summed E-state index contributed by atoms with van der Waals surface area (Å²) in [7, 11) is 1.27. The molecule has 35 heavy (non-hydrogen) atoms. The van der Waals surface area contributed by atoms with Crippen LogP contribution in [-0.2, 0) is 20.7 Å². The van der Waals surface area contributed by atoms with Crippen LogP contribution in [0.4, 0.5) is 4.79 Å². The normalized spacial score (nSPS) is 12.3. The number of aromatic nitrogens is 2. The number of amides is 1. The Morgan fingerprint density at radius 2 is 1.77 bits per heavy atom. The van der Waals surface area contributed by atoms with Gasteiger partial charge in [0, 0.05) is 29.6 Å². The van der Waals surface area contributed by atoms with Crippen LogP contribution in [0.5, 0.6) is 0 Å². The highest BCUT2D eigenvalue weighted by atomic mass is 16.6. The summed E-state index contributed by atoms with van der Waals surface area (Å²) in [6, 6.07) is 15.5. The van der Waals surface area contributed by atoms with Crippen molar-refractivity contribution in [3.8, 4) is 0 Å². The fraction of sp³-hybridized carbons (Fsp3) is 0.259. The first-order valence-corrected chi connectivity index (χ1v) is 11.2. The molecule has 0 aliphatic carbocycles. The predicted octanol–water partition coefficient (Wildman–Crippen LogP) is 4.49.